The van der Waals surface area contributed by atoms with Gasteiger partial charge in [0.1, 0.15) is 11.5 Å². The molecule has 1 unspecified atom stereocenters. The fraction of sp³-hybridized carbons (Fsp3) is 0.455. The summed E-state index contributed by atoms with van der Waals surface area (Å²) in [6, 6.07) is 1.10. The molecule has 0 saturated heterocycles. The number of methoxy groups -OCH3 is 1. The summed E-state index contributed by atoms with van der Waals surface area (Å²) >= 11 is 5.84. The van der Waals surface area contributed by atoms with Crippen molar-refractivity contribution in [2.75, 3.05) is 19.0 Å². The van der Waals surface area contributed by atoms with Crippen LogP contribution in [0.5, 0.6) is 0 Å². The number of imidazole rings is 1. The van der Waals surface area contributed by atoms with Gasteiger partial charge in [0.25, 0.3) is 11.8 Å². The Morgan fingerprint density at radius 3 is 2.56 bits per heavy atom. The molecule has 0 aliphatic heterocycles. The first-order valence-corrected chi connectivity index (χ1v) is 11.2. The fourth-order valence-corrected chi connectivity index (χ4v) is 4.11. The molecule has 1 saturated carbocycles. The summed E-state index contributed by atoms with van der Waals surface area (Å²) in [5.41, 5.74) is -0.233. The van der Waals surface area contributed by atoms with Crippen LogP contribution in [-0.4, -0.2) is 53.5 Å². The zero-order valence-electron chi connectivity index (χ0n) is 18.7. The number of rotatable bonds is 8. The first kappa shape index (κ1) is 25.6. The second-order valence-corrected chi connectivity index (χ2v) is 8.62. The zero-order chi connectivity index (χ0) is 24.8. The van der Waals surface area contributed by atoms with E-state index in [1.165, 1.54) is 13.4 Å². The molecule has 1 aliphatic carbocycles. The molecular formula is C22H26ClF2N5O4. The van der Waals surface area contributed by atoms with Gasteiger partial charge >= 0.3 is 0 Å². The number of carbonyl (C=O) groups is 3. The van der Waals surface area contributed by atoms with Crippen molar-refractivity contribution in [3.63, 3.8) is 0 Å². The zero-order valence-corrected chi connectivity index (χ0v) is 19.5. The summed E-state index contributed by atoms with van der Waals surface area (Å²) < 4.78 is 32.1. The van der Waals surface area contributed by atoms with E-state index in [4.69, 9.17) is 16.3 Å². The molecule has 12 heteroatoms. The van der Waals surface area contributed by atoms with Crippen molar-refractivity contribution in [1.29, 1.82) is 0 Å². The Bertz CT molecular complexity index is 1030. The minimum atomic E-state index is -0.949. The second-order valence-electron chi connectivity index (χ2n) is 8.21. The van der Waals surface area contributed by atoms with Crippen molar-refractivity contribution in [1.82, 2.24) is 20.6 Å². The number of nitrogens with one attached hydrogen (secondary N) is 4. The highest BCUT2D eigenvalue weighted by Crippen LogP contribution is 2.30. The van der Waals surface area contributed by atoms with Crippen molar-refractivity contribution in [2.24, 2.45) is 5.92 Å². The van der Waals surface area contributed by atoms with Crippen LogP contribution in [0, 0.1) is 17.6 Å². The van der Waals surface area contributed by atoms with E-state index in [0.29, 0.717) is 38.4 Å². The van der Waals surface area contributed by atoms with Gasteiger partial charge in [-0.25, -0.2) is 13.8 Å². The number of anilines is 1. The number of hydrogen-bond acceptors (Lipinski definition) is 5. The van der Waals surface area contributed by atoms with Gasteiger partial charge in [-0.3, -0.25) is 14.4 Å². The Balaban J connectivity index is 1.53. The Morgan fingerprint density at radius 2 is 1.91 bits per heavy atom. The van der Waals surface area contributed by atoms with Crippen LogP contribution >= 0.6 is 11.6 Å². The van der Waals surface area contributed by atoms with E-state index in [-0.39, 0.29) is 34.2 Å². The Morgan fingerprint density at radius 1 is 1.21 bits per heavy atom. The van der Waals surface area contributed by atoms with Crippen LogP contribution in [0.2, 0.25) is 5.02 Å². The van der Waals surface area contributed by atoms with E-state index in [0.717, 1.165) is 6.07 Å². The molecule has 1 aromatic heterocycles. The lowest BCUT2D eigenvalue weighted by Gasteiger charge is -2.28. The molecule has 34 heavy (non-hydrogen) atoms. The molecule has 2 aromatic rings. The third kappa shape index (κ3) is 6.29. The molecule has 1 aromatic carbocycles. The summed E-state index contributed by atoms with van der Waals surface area (Å²) in [5, 5.41) is 7.77. The number of benzene rings is 1. The molecule has 0 radical (unpaired) electrons. The number of halogens is 3. The maximum atomic E-state index is 13.9. The van der Waals surface area contributed by atoms with Crippen LogP contribution in [0.3, 0.4) is 0 Å². The molecule has 184 valence electrons. The van der Waals surface area contributed by atoms with Gasteiger partial charge in [-0.15, -0.1) is 0 Å². The molecule has 0 bridgehead atoms. The Kier molecular flexibility index (Phi) is 8.56. The number of H-pyrrole nitrogens is 1. The van der Waals surface area contributed by atoms with Gasteiger partial charge in [0.2, 0.25) is 5.91 Å². The average molecular weight is 498 g/mol. The van der Waals surface area contributed by atoms with Crippen LogP contribution in [0.1, 0.15) is 53.6 Å². The van der Waals surface area contributed by atoms with Gasteiger partial charge in [0.05, 0.1) is 23.6 Å². The highest BCUT2D eigenvalue weighted by Gasteiger charge is 2.30. The number of aromatic nitrogens is 2. The highest BCUT2D eigenvalue weighted by atomic mass is 35.5. The standard InChI is InChI=1S/C22H26ClF2N5O4/c1-11(9-34-2)28-21(32)18-19(27-10-26-18)22(33)29-14-5-3-12(4-6-14)20(31)30-17-15(23)7-13(24)8-16(17)25/h7-8,10-12,14H,3-6,9H2,1-2H3,(H,26,27)(H,28,32)(H,29,33)(H,30,31)/t11?,12-,14-. The van der Waals surface area contributed by atoms with Crippen LogP contribution in [0.15, 0.2) is 18.5 Å². The summed E-state index contributed by atoms with van der Waals surface area (Å²) in [6.07, 6.45) is 3.17. The Hall–Kier alpha value is -3.05. The minimum Gasteiger partial charge on any atom is -0.383 e. The third-order valence-electron chi connectivity index (χ3n) is 5.56. The summed E-state index contributed by atoms with van der Waals surface area (Å²) in [7, 11) is 1.52. The molecule has 3 amide bonds. The number of nitrogens with zero attached hydrogens (tertiary/aromatic N) is 1. The van der Waals surface area contributed by atoms with Crippen molar-refractivity contribution in [3.8, 4) is 0 Å². The third-order valence-corrected chi connectivity index (χ3v) is 5.86. The lowest BCUT2D eigenvalue weighted by molar-refractivity contribution is -0.120. The van der Waals surface area contributed by atoms with E-state index in [1.54, 1.807) is 6.92 Å². The van der Waals surface area contributed by atoms with Crippen LogP contribution < -0.4 is 16.0 Å². The number of ether oxygens (including phenoxy) is 1. The Labute approximate surface area is 200 Å². The summed E-state index contributed by atoms with van der Waals surface area (Å²) in [5.74, 6) is -3.59. The predicted octanol–water partition coefficient (Wildman–Crippen LogP) is 3.03. The SMILES string of the molecule is COCC(C)NC(=O)c1nc[nH]c1C(=O)N[C@H]1CC[C@H](C(=O)Nc2c(F)cc(F)cc2Cl)CC1. The molecule has 1 aliphatic rings. The molecule has 4 N–H and O–H groups in total. The van der Waals surface area contributed by atoms with E-state index in [9.17, 15) is 23.2 Å². The molecule has 3 rings (SSSR count). The first-order chi connectivity index (χ1) is 16.2. The topological polar surface area (TPSA) is 125 Å². The summed E-state index contributed by atoms with van der Waals surface area (Å²) in [4.78, 5) is 44.3. The maximum absolute atomic E-state index is 13.9. The molecule has 0 spiro atoms. The quantitative estimate of drug-likeness (QED) is 0.446. The molecule has 1 fully saturated rings. The monoisotopic (exact) mass is 497 g/mol. The smallest absolute Gasteiger partial charge is 0.272 e. The van der Waals surface area contributed by atoms with Gasteiger partial charge in [0.15, 0.2) is 11.5 Å². The van der Waals surface area contributed by atoms with Gasteiger partial charge in [-0.2, -0.15) is 0 Å². The average Bonchev–Trinajstić information content (AvgIpc) is 3.27. The fourth-order valence-electron chi connectivity index (χ4n) is 3.87. The van der Waals surface area contributed by atoms with Crippen LogP contribution in [-0.2, 0) is 9.53 Å². The van der Waals surface area contributed by atoms with Gasteiger partial charge in [0, 0.05) is 31.2 Å². The lowest BCUT2D eigenvalue weighted by Crippen LogP contribution is -2.41. The molecule has 1 heterocycles. The molecular weight excluding hydrogens is 472 g/mol. The van der Waals surface area contributed by atoms with Gasteiger partial charge in [-0.05, 0) is 38.7 Å². The highest BCUT2D eigenvalue weighted by molar-refractivity contribution is 6.33. The normalized spacial score (nSPS) is 18.7. The van der Waals surface area contributed by atoms with E-state index in [2.05, 4.69) is 25.9 Å². The lowest BCUT2D eigenvalue weighted by atomic mass is 9.85. The van der Waals surface area contributed by atoms with Gasteiger partial charge < -0.3 is 25.7 Å². The molecule has 1 atom stereocenters. The summed E-state index contributed by atoms with van der Waals surface area (Å²) in [6.45, 7) is 2.08. The van der Waals surface area contributed by atoms with Gasteiger partial charge in [-0.1, -0.05) is 11.6 Å². The van der Waals surface area contributed by atoms with E-state index < -0.39 is 35.3 Å². The van der Waals surface area contributed by atoms with Crippen molar-refractivity contribution < 1.29 is 27.9 Å². The minimum absolute atomic E-state index is 0.0216. The molecule has 9 nitrogen and oxygen atoms in total. The number of amides is 3. The largest absolute Gasteiger partial charge is 0.383 e. The van der Waals surface area contributed by atoms with Crippen molar-refractivity contribution in [3.05, 3.63) is 46.5 Å². The van der Waals surface area contributed by atoms with E-state index in [1.807, 2.05) is 0 Å². The van der Waals surface area contributed by atoms with Crippen LogP contribution in [0.4, 0.5) is 14.5 Å². The number of aromatic amines is 1. The predicted molar refractivity (Wildman–Crippen MR) is 121 cm³/mol. The van der Waals surface area contributed by atoms with Crippen LogP contribution in [0.25, 0.3) is 0 Å². The van der Waals surface area contributed by atoms with Crippen molar-refractivity contribution in [2.45, 2.75) is 44.7 Å². The number of carbonyl (C=O) groups excluding carboxylic acids is 3. The maximum Gasteiger partial charge on any atom is 0.272 e. The number of hydrogen-bond donors (Lipinski definition) is 4. The first-order valence-electron chi connectivity index (χ1n) is 10.8. The second kappa shape index (κ2) is 11.4. The van der Waals surface area contributed by atoms with Crippen molar-refractivity contribution >= 4 is 35.0 Å². The van der Waals surface area contributed by atoms with E-state index >= 15 is 0 Å².